The first-order chi connectivity index (χ1) is 12.8. The van der Waals surface area contributed by atoms with Gasteiger partial charge in [-0.1, -0.05) is 30.3 Å². The van der Waals surface area contributed by atoms with Gasteiger partial charge in [-0.25, -0.2) is 0 Å². The molecule has 2 aliphatic heterocycles. The van der Waals surface area contributed by atoms with Crippen molar-refractivity contribution in [1.82, 2.24) is 10.3 Å². The SMILES string of the molecule is Cl.O=C(OCc1ccccc1)C1C(CNc2ccncc2)CC2CCC1N2. The second-order valence-electron chi connectivity index (χ2n) is 7.28. The Bertz CT molecular complexity index is 729. The Labute approximate surface area is 166 Å². The highest BCUT2D eigenvalue weighted by Gasteiger charge is 2.45. The number of rotatable bonds is 6. The molecule has 27 heavy (non-hydrogen) atoms. The number of nitrogens with zero attached hydrogens (tertiary/aromatic N) is 1. The summed E-state index contributed by atoms with van der Waals surface area (Å²) in [5.41, 5.74) is 2.07. The molecule has 0 amide bonds. The second kappa shape index (κ2) is 9.20. The zero-order valence-corrected chi connectivity index (χ0v) is 16.0. The third kappa shape index (κ3) is 4.79. The lowest BCUT2D eigenvalue weighted by molar-refractivity contribution is -0.153. The lowest BCUT2D eigenvalue weighted by Gasteiger charge is -2.36. The maximum Gasteiger partial charge on any atom is 0.311 e. The Kier molecular flexibility index (Phi) is 6.69. The van der Waals surface area contributed by atoms with Gasteiger partial charge in [0, 0.05) is 36.7 Å². The molecule has 6 heteroatoms. The maximum atomic E-state index is 12.9. The molecule has 3 heterocycles. The van der Waals surface area contributed by atoms with Crippen molar-refractivity contribution in [3.05, 3.63) is 60.4 Å². The molecule has 4 unspecified atom stereocenters. The van der Waals surface area contributed by atoms with Crippen molar-refractivity contribution in [3.8, 4) is 0 Å². The number of nitrogens with one attached hydrogen (secondary N) is 2. The smallest absolute Gasteiger partial charge is 0.311 e. The van der Waals surface area contributed by atoms with Crippen molar-refractivity contribution < 1.29 is 9.53 Å². The van der Waals surface area contributed by atoms with Crippen molar-refractivity contribution >= 4 is 24.1 Å². The van der Waals surface area contributed by atoms with E-state index in [1.54, 1.807) is 12.4 Å². The van der Waals surface area contributed by atoms with E-state index in [-0.39, 0.29) is 36.3 Å². The molecule has 144 valence electrons. The number of hydrogen-bond donors (Lipinski definition) is 2. The van der Waals surface area contributed by atoms with Gasteiger partial charge in [0.25, 0.3) is 0 Å². The van der Waals surface area contributed by atoms with Crippen LogP contribution in [-0.4, -0.2) is 29.6 Å². The Hall–Kier alpha value is -2.11. The fraction of sp³-hybridized carbons (Fsp3) is 0.429. The van der Waals surface area contributed by atoms with Crippen LogP contribution in [0.25, 0.3) is 0 Å². The van der Waals surface area contributed by atoms with Gasteiger partial charge in [0.05, 0.1) is 5.92 Å². The monoisotopic (exact) mass is 387 g/mol. The van der Waals surface area contributed by atoms with Crippen LogP contribution in [0.1, 0.15) is 24.8 Å². The highest BCUT2D eigenvalue weighted by atomic mass is 35.5. The number of halogens is 1. The van der Waals surface area contributed by atoms with E-state index in [0.29, 0.717) is 12.6 Å². The molecule has 2 fully saturated rings. The molecule has 0 saturated carbocycles. The average Bonchev–Trinajstić information content (AvgIpc) is 3.07. The van der Waals surface area contributed by atoms with Crippen LogP contribution in [0.4, 0.5) is 5.69 Å². The molecule has 1 aromatic heterocycles. The van der Waals surface area contributed by atoms with E-state index >= 15 is 0 Å². The Balaban J connectivity index is 0.00000210. The Morgan fingerprint density at radius 1 is 1.15 bits per heavy atom. The van der Waals surface area contributed by atoms with Crippen molar-refractivity contribution in [2.75, 3.05) is 11.9 Å². The molecule has 2 bridgehead atoms. The molecule has 2 saturated heterocycles. The number of aromatic nitrogens is 1. The minimum Gasteiger partial charge on any atom is -0.461 e. The second-order valence-corrected chi connectivity index (χ2v) is 7.28. The summed E-state index contributed by atoms with van der Waals surface area (Å²) in [6.45, 7) is 1.13. The average molecular weight is 388 g/mol. The van der Waals surface area contributed by atoms with E-state index in [2.05, 4.69) is 15.6 Å². The van der Waals surface area contributed by atoms with E-state index in [4.69, 9.17) is 4.74 Å². The van der Waals surface area contributed by atoms with Crippen LogP contribution >= 0.6 is 12.4 Å². The van der Waals surface area contributed by atoms with E-state index in [1.165, 1.54) is 0 Å². The number of pyridine rings is 1. The molecule has 4 rings (SSSR count). The zero-order chi connectivity index (χ0) is 17.8. The minimum absolute atomic E-state index is 0. The van der Waals surface area contributed by atoms with Crippen LogP contribution < -0.4 is 10.6 Å². The molecule has 2 N–H and O–H groups in total. The van der Waals surface area contributed by atoms with Crippen LogP contribution in [0, 0.1) is 11.8 Å². The summed E-state index contributed by atoms with van der Waals surface area (Å²) in [5.74, 6) is 0.116. The highest BCUT2D eigenvalue weighted by Crippen LogP contribution is 2.37. The molecule has 2 aliphatic rings. The molecular weight excluding hydrogens is 362 g/mol. The van der Waals surface area contributed by atoms with Gasteiger partial charge in [0.15, 0.2) is 0 Å². The van der Waals surface area contributed by atoms with Gasteiger partial charge < -0.3 is 15.4 Å². The van der Waals surface area contributed by atoms with Gasteiger partial charge in [0.1, 0.15) is 6.61 Å². The normalized spacial score (nSPS) is 26.1. The molecular formula is C21H26ClN3O2. The van der Waals surface area contributed by atoms with E-state index < -0.39 is 0 Å². The Morgan fingerprint density at radius 3 is 2.70 bits per heavy atom. The summed E-state index contributed by atoms with van der Waals surface area (Å²) in [5, 5.41) is 7.08. The van der Waals surface area contributed by atoms with Crippen molar-refractivity contribution in [2.24, 2.45) is 11.8 Å². The minimum atomic E-state index is -0.0909. The largest absolute Gasteiger partial charge is 0.461 e. The molecule has 0 radical (unpaired) electrons. The number of carbonyl (C=O) groups is 1. The third-order valence-electron chi connectivity index (χ3n) is 5.55. The number of anilines is 1. The van der Waals surface area contributed by atoms with Gasteiger partial charge in [-0.2, -0.15) is 0 Å². The van der Waals surface area contributed by atoms with Crippen LogP contribution in [0.2, 0.25) is 0 Å². The number of fused-ring (bicyclic) bond motifs is 2. The first-order valence-corrected chi connectivity index (χ1v) is 9.40. The molecule has 4 atom stereocenters. The fourth-order valence-corrected chi connectivity index (χ4v) is 4.27. The highest BCUT2D eigenvalue weighted by molar-refractivity contribution is 5.85. The molecule has 0 aliphatic carbocycles. The molecule has 5 nitrogen and oxygen atoms in total. The fourth-order valence-electron chi connectivity index (χ4n) is 4.27. The van der Waals surface area contributed by atoms with Crippen molar-refractivity contribution in [3.63, 3.8) is 0 Å². The quantitative estimate of drug-likeness (QED) is 0.743. The van der Waals surface area contributed by atoms with Crippen LogP contribution in [-0.2, 0) is 16.1 Å². The summed E-state index contributed by atoms with van der Waals surface area (Å²) in [4.78, 5) is 16.9. The first-order valence-electron chi connectivity index (χ1n) is 9.40. The van der Waals surface area contributed by atoms with Crippen molar-refractivity contribution in [1.29, 1.82) is 0 Å². The lowest BCUT2D eigenvalue weighted by atomic mass is 9.81. The number of esters is 1. The van der Waals surface area contributed by atoms with Crippen molar-refractivity contribution in [2.45, 2.75) is 38.0 Å². The third-order valence-corrected chi connectivity index (χ3v) is 5.55. The number of carbonyl (C=O) groups excluding carboxylic acids is 1. The predicted octanol–water partition coefficient (Wildman–Crippen LogP) is 3.42. The molecule has 2 aromatic rings. The predicted molar refractivity (Wildman–Crippen MR) is 108 cm³/mol. The summed E-state index contributed by atoms with van der Waals surface area (Å²) in [6, 6.07) is 14.6. The topological polar surface area (TPSA) is 63.2 Å². The summed E-state index contributed by atoms with van der Waals surface area (Å²) < 4.78 is 5.68. The van der Waals surface area contributed by atoms with E-state index in [0.717, 1.165) is 37.1 Å². The molecule has 0 spiro atoms. The van der Waals surface area contributed by atoms with Gasteiger partial charge >= 0.3 is 5.97 Å². The van der Waals surface area contributed by atoms with Gasteiger partial charge in [-0.15, -0.1) is 12.4 Å². The summed E-state index contributed by atoms with van der Waals surface area (Å²) >= 11 is 0. The number of benzene rings is 1. The summed E-state index contributed by atoms with van der Waals surface area (Å²) in [6.07, 6.45) is 6.78. The van der Waals surface area contributed by atoms with Crippen LogP contribution in [0.15, 0.2) is 54.9 Å². The van der Waals surface area contributed by atoms with E-state index in [9.17, 15) is 4.79 Å². The van der Waals surface area contributed by atoms with Gasteiger partial charge in [0.2, 0.25) is 0 Å². The van der Waals surface area contributed by atoms with E-state index in [1.807, 2.05) is 42.5 Å². The lowest BCUT2D eigenvalue weighted by Crippen LogP contribution is -2.50. The number of hydrogen-bond acceptors (Lipinski definition) is 5. The first kappa shape index (κ1) is 19.6. The number of ether oxygens (including phenoxy) is 1. The maximum absolute atomic E-state index is 12.9. The molecule has 1 aromatic carbocycles. The van der Waals surface area contributed by atoms with Crippen LogP contribution in [0.3, 0.4) is 0 Å². The summed E-state index contributed by atoms with van der Waals surface area (Å²) in [7, 11) is 0. The van der Waals surface area contributed by atoms with Gasteiger partial charge in [-0.3, -0.25) is 9.78 Å². The zero-order valence-electron chi connectivity index (χ0n) is 15.2. The standard InChI is InChI=1S/C21H25N3O2.ClH/c25-21(26-14-15-4-2-1-3-5-15)20-16(12-18-6-7-19(20)24-18)13-23-17-8-10-22-11-9-17;/h1-5,8-11,16,18-20,24H,6-7,12-14H2,(H,22,23);1H. The number of piperidine rings is 1. The van der Waals surface area contributed by atoms with Crippen LogP contribution in [0.5, 0.6) is 0 Å². The van der Waals surface area contributed by atoms with Gasteiger partial charge in [-0.05, 0) is 42.9 Å². The Morgan fingerprint density at radius 2 is 1.93 bits per heavy atom.